The predicted molar refractivity (Wildman–Crippen MR) is 102 cm³/mol. The minimum atomic E-state index is 0.150. The van der Waals surface area contributed by atoms with Crippen LogP contribution in [-0.2, 0) is 10.8 Å². The Labute approximate surface area is 144 Å². The predicted octanol–water partition coefficient (Wildman–Crippen LogP) is 7.02. The molecule has 2 rings (SSSR count). The Hall–Kier alpha value is -1.08. The summed E-state index contributed by atoms with van der Waals surface area (Å²) in [6.45, 7) is 15.8. The molecule has 0 saturated heterocycles. The summed E-state index contributed by atoms with van der Waals surface area (Å²) >= 11 is 3.63. The molecule has 0 fully saturated rings. The molecular weight excluding hydrogens is 332 g/mol. The van der Waals surface area contributed by atoms with Crippen LogP contribution in [0.25, 0.3) is 11.1 Å². The van der Waals surface area contributed by atoms with Gasteiger partial charge >= 0.3 is 0 Å². The Kier molecular flexibility index (Phi) is 4.59. The molecular formula is C21H27Br. The smallest absolute Gasteiger partial charge is 0.0184 e. The van der Waals surface area contributed by atoms with E-state index in [1.54, 1.807) is 0 Å². The van der Waals surface area contributed by atoms with Crippen molar-refractivity contribution in [2.24, 2.45) is 0 Å². The zero-order chi connectivity index (χ0) is 16.7. The standard InChI is InChI=1S/C21H27Br/c1-14-8-15(12-19(22)9-14)16-10-17(20(2,3)4)13-18(11-16)21(5,6)7/h8-13H,1-7H3. The molecule has 0 saturated carbocycles. The quantitative estimate of drug-likeness (QED) is 0.513. The number of rotatable bonds is 1. The molecule has 0 amide bonds. The van der Waals surface area contributed by atoms with Crippen molar-refractivity contribution in [1.29, 1.82) is 0 Å². The molecule has 0 spiro atoms. The van der Waals surface area contributed by atoms with Crippen LogP contribution in [0.5, 0.6) is 0 Å². The molecule has 0 N–H and O–H groups in total. The first-order chi connectivity index (χ1) is 9.96. The van der Waals surface area contributed by atoms with Crippen molar-refractivity contribution < 1.29 is 0 Å². The van der Waals surface area contributed by atoms with E-state index >= 15 is 0 Å². The number of halogens is 1. The summed E-state index contributed by atoms with van der Waals surface area (Å²) in [5.74, 6) is 0. The Morgan fingerprint density at radius 2 is 1.09 bits per heavy atom. The summed E-state index contributed by atoms with van der Waals surface area (Å²) in [6.07, 6.45) is 0. The third-order valence-corrected chi connectivity index (χ3v) is 4.50. The molecule has 0 aliphatic heterocycles. The molecule has 0 aliphatic carbocycles. The van der Waals surface area contributed by atoms with Crippen LogP contribution in [0, 0.1) is 6.92 Å². The van der Waals surface area contributed by atoms with Crippen molar-refractivity contribution >= 4 is 15.9 Å². The van der Waals surface area contributed by atoms with Gasteiger partial charge in [0.15, 0.2) is 0 Å². The van der Waals surface area contributed by atoms with Crippen molar-refractivity contribution in [3.63, 3.8) is 0 Å². The van der Waals surface area contributed by atoms with Crippen molar-refractivity contribution in [3.05, 3.63) is 57.6 Å². The van der Waals surface area contributed by atoms with Gasteiger partial charge in [-0.15, -0.1) is 0 Å². The van der Waals surface area contributed by atoms with Crippen LogP contribution in [0.1, 0.15) is 58.2 Å². The maximum Gasteiger partial charge on any atom is 0.0184 e. The van der Waals surface area contributed by atoms with Gasteiger partial charge in [0.05, 0.1) is 0 Å². The van der Waals surface area contributed by atoms with E-state index in [4.69, 9.17) is 0 Å². The van der Waals surface area contributed by atoms with E-state index in [9.17, 15) is 0 Å². The molecule has 118 valence electrons. The highest BCUT2D eigenvalue weighted by atomic mass is 79.9. The molecule has 0 atom stereocenters. The first-order valence-corrected chi connectivity index (χ1v) is 8.70. The summed E-state index contributed by atoms with van der Waals surface area (Å²) in [7, 11) is 0. The molecule has 2 aromatic rings. The van der Waals surface area contributed by atoms with Gasteiger partial charge in [0.1, 0.15) is 0 Å². The van der Waals surface area contributed by atoms with Crippen LogP contribution in [-0.4, -0.2) is 0 Å². The number of hydrogen-bond donors (Lipinski definition) is 0. The van der Waals surface area contributed by atoms with Crippen LogP contribution in [0.4, 0.5) is 0 Å². The highest BCUT2D eigenvalue weighted by Crippen LogP contribution is 2.34. The molecule has 22 heavy (non-hydrogen) atoms. The van der Waals surface area contributed by atoms with Crippen LogP contribution < -0.4 is 0 Å². The van der Waals surface area contributed by atoms with Crippen LogP contribution in [0.2, 0.25) is 0 Å². The lowest BCUT2D eigenvalue weighted by Gasteiger charge is -2.26. The third kappa shape index (κ3) is 4.01. The summed E-state index contributed by atoms with van der Waals surface area (Å²) in [5.41, 5.74) is 6.96. The number of hydrogen-bond acceptors (Lipinski definition) is 0. The van der Waals surface area contributed by atoms with E-state index in [0.717, 1.165) is 4.47 Å². The number of aryl methyl sites for hydroxylation is 1. The van der Waals surface area contributed by atoms with E-state index in [2.05, 4.69) is 101 Å². The largest absolute Gasteiger partial charge is 0.0561 e. The Bertz CT molecular complexity index is 630. The van der Waals surface area contributed by atoms with Gasteiger partial charge < -0.3 is 0 Å². The van der Waals surface area contributed by atoms with Gasteiger partial charge in [0.25, 0.3) is 0 Å². The molecule has 1 heteroatoms. The second-order valence-corrected chi connectivity index (χ2v) is 9.23. The van der Waals surface area contributed by atoms with Crippen molar-refractivity contribution in [2.45, 2.75) is 59.3 Å². The second-order valence-electron chi connectivity index (χ2n) is 8.32. The fourth-order valence-electron chi connectivity index (χ4n) is 2.56. The van der Waals surface area contributed by atoms with Gasteiger partial charge in [0.2, 0.25) is 0 Å². The highest BCUT2D eigenvalue weighted by Gasteiger charge is 2.20. The normalized spacial score (nSPS) is 12.5. The van der Waals surface area contributed by atoms with E-state index in [-0.39, 0.29) is 10.8 Å². The van der Waals surface area contributed by atoms with Crippen LogP contribution >= 0.6 is 15.9 Å². The van der Waals surface area contributed by atoms with Crippen LogP contribution in [0.15, 0.2) is 40.9 Å². The lowest BCUT2D eigenvalue weighted by atomic mass is 9.79. The summed E-state index contributed by atoms with van der Waals surface area (Å²) in [5, 5.41) is 0. The second kappa shape index (κ2) is 5.85. The van der Waals surface area contributed by atoms with E-state index < -0.39 is 0 Å². The SMILES string of the molecule is Cc1cc(Br)cc(-c2cc(C(C)(C)C)cc(C(C)(C)C)c2)c1. The van der Waals surface area contributed by atoms with E-state index in [0.29, 0.717) is 0 Å². The average molecular weight is 359 g/mol. The molecule has 0 nitrogen and oxygen atoms in total. The van der Waals surface area contributed by atoms with E-state index in [1.165, 1.54) is 27.8 Å². The Balaban J connectivity index is 2.70. The zero-order valence-corrected chi connectivity index (χ0v) is 16.4. The zero-order valence-electron chi connectivity index (χ0n) is 14.8. The maximum absolute atomic E-state index is 3.63. The molecule has 0 heterocycles. The maximum atomic E-state index is 3.63. The van der Waals surface area contributed by atoms with Crippen LogP contribution in [0.3, 0.4) is 0 Å². The lowest BCUT2D eigenvalue weighted by Crippen LogP contribution is -2.16. The molecule has 2 aromatic carbocycles. The highest BCUT2D eigenvalue weighted by molar-refractivity contribution is 9.10. The Morgan fingerprint density at radius 1 is 0.636 bits per heavy atom. The monoisotopic (exact) mass is 358 g/mol. The number of benzene rings is 2. The molecule has 0 radical (unpaired) electrons. The summed E-state index contributed by atoms with van der Waals surface area (Å²) in [4.78, 5) is 0. The van der Waals surface area contributed by atoms with Gasteiger partial charge in [-0.3, -0.25) is 0 Å². The summed E-state index contributed by atoms with van der Waals surface area (Å²) < 4.78 is 1.14. The minimum absolute atomic E-state index is 0.150. The van der Waals surface area contributed by atoms with Gasteiger partial charge in [-0.1, -0.05) is 81.7 Å². The van der Waals surface area contributed by atoms with Crippen molar-refractivity contribution in [1.82, 2.24) is 0 Å². The third-order valence-electron chi connectivity index (χ3n) is 4.04. The van der Waals surface area contributed by atoms with Gasteiger partial charge in [-0.25, -0.2) is 0 Å². The van der Waals surface area contributed by atoms with Crippen molar-refractivity contribution in [3.8, 4) is 11.1 Å². The molecule has 0 aliphatic rings. The summed E-state index contributed by atoms with van der Waals surface area (Å²) in [6, 6.07) is 13.7. The minimum Gasteiger partial charge on any atom is -0.0561 e. The molecule has 0 aromatic heterocycles. The van der Waals surface area contributed by atoms with E-state index in [1.807, 2.05) is 0 Å². The van der Waals surface area contributed by atoms with Gasteiger partial charge in [-0.2, -0.15) is 0 Å². The fraction of sp³-hybridized carbons (Fsp3) is 0.429. The molecule has 0 unspecified atom stereocenters. The molecule has 0 bridgehead atoms. The first-order valence-electron chi connectivity index (χ1n) is 7.90. The first kappa shape index (κ1) is 17.3. The van der Waals surface area contributed by atoms with Gasteiger partial charge in [0, 0.05) is 4.47 Å². The van der Waals surface area contributed by atoms with Crippen molar-refractivity contribution in [2.75, 3.05) is 0 Å². The lowest BCUT2D eigenvalue weighted by molar-refractivity contribution is 0.569. The Morgan fingerprint density at radius 3 is 1.50 bits per heavy atom. The topological polar surface area (TPSA) is 0 Å². The average Bonchev–Trinajstić information content (AvgIpc) is 2.35. The fourth-order valence-corrected chi connectivity index (χ4v) is 3.17. The van der Waals surface area contributed by atoms with Gasteiger partial charge in [-0.05, 0) is 57.7 Å².